The average Bonchev–Trinajstić information content (AvgIpc) is 2.73. The maximum absolute atomic E-state index is 13.1. The highest BCUT2D eigenvalue weighted by atomic mass is 19.4. The van der Waals surface area contributed by atoms with Crippen molar-refractivity contribution in [1.82, 2.24) is 9.88 Å². The molecule has 0 unspecified atom stereocenters. The van der Waals surface area contributed by atoms with Crippen LogP contribution in [0.25, 0.3) is 10.9 Å². The number of benzene rings is 2. The Morgan fingerprint density at radius 3 is 2.43 bits per heavy atom. The van der Waals surface area contributed by atoms with E-state index in [9.17, 15) is 22.8 Å². The molecule has 30 heavy (non-hydrogen) atoms. The molecular formula is C22H21F3N2O3. The molecule has 1 heterocycles. The Morgan fingerprint density at radius 1 is 1.13 bits per heavy atom. The van der Waals surface area contributed by atoms with Gasteiger partial charge in [-0.25, -0.2) is 0 Å². The summed E-state index contributed by atoms with van der Waals surface area (Å²) in [5.74, 6) is 0.104. The van der Waals surface area contributed by atoms with Crippen LogP contribution in [0.2, 0.25) is 0 Å². The van der Waals surface area contributed by atoms with E-state index in [1.165, 1.54) is 12.3 Å². The number of aromatic nitrogens is 1. The zero-order valence-corrected chi connectivity index (χ0v) is 16.5. The number of pyridine rings is 1. The van der Waals surface area contributed by atoms with Crippen LogP contribution in [0.5, 0.6) is 5.75 Å². The highest BCUT2D eigenvalue weighted by molar-refractivity contribution is 5.97. The van der Waals surface area contributed by atoms with Gasteiger partial charge in [0.2, 0.25) is 5.43 Å². The summed E-state index contributed by atoms with van der Waals surface area (Å²) in [6, 6.07) is 10.3. The average molecular weight is 418 g/mol. The Bertz CT molecular complexity index is 1120. The fourth-order valence-corrected chi connectivity index (χ4v) is 3.20. The summed E-state index contributed by atoms with van der Waals surface area (Å²) in [5, 5.41) is 2.54. The van der Waals surface area contributed by atoms with Gasteiger partial charge in [0.25, 0.3) is 5.91 Å². The zero-order valence-electron chi connectivity index (χ0n) is 16.5. The molecule has 0 fully saturated rings. The van der Waals surface area contributed by atoms with Crippen LogP contribution in [0, 0.1) is 0 Å². The standard InChI is InChI=1S/C22H21F3N2O3/c1-3-27-13-18(20(28)17-12-15(22(23,24)25)6-9-19(17)27)21(29)26-11-10-14-4-7-16(30-2)8-5-14/h4-9,12-13H,3,10-11H2,1-2H3,(H,26,29). The van der Waals surface area contributed by atoms with Gasteiger partial charge >= 0.3 is 6.18 Å². The van der Waals surface area contributed by atoms with Gasteiger partial charge in [0.15, 0.2) is 0 Å². The van der Waals surface area contributed by atoms with Crippen molar-refractivity contribution in [2.45, 2.75) is 26.1 Å². The lowest BCUT2D eigenvalue weighted by molar-refractivity contribution is -0.137. The summed E-state index contributed by atoms with van der Waals surface area (Å²) in [7, 11) is 1.57. The van der Waals surface area contributed by atoms with Gasteiger partial charge in [-0.1, -0.05) is 12.1 Å². The summed E-state index contributed by atoms with van der Waals surface area (Å²) < 4.78 is 45.9. The van der Waals surface area contributed by atoms with Crippen LogP contribution < -0.4 is 15.5 Å². The third-order valence-electron chi connectivity index (χ3n) is 4.85. The van der Waals surface area contributed by atoms with Crippen LogP contribution in [0.1, 0.15) is 28.4 Å². The van der Waals surface area contributed by atoms with Gasteiger partial charge in [-0.2, -0.15) is 13.2 Å². The molecule has 1 aromatic heterocycles. The number of ether oxygens (including phenoxy) is 1. The minimum absolute atomic E-state index is 0.130. The predicted octanol–water partition coefficient (Wildman–Crippen LogP) is 4.02. The molecule has 1 amide bonds. The normalized spacial score (nSPS) is 11.5. The van der Waals surface area contributed by atoms with E-state index in [2.05, 4.69) is 5.32 Å². The molecule has 0 saturated carbocycles. The van der Waals surface area contributed by atoms with Crippen LogP contribution in [0.4, 0.5) is 13.2 Å². The molecule has 0 atom stereocenters. The van der Waals surface area contributed by atoms with Crippen LogP contribution in [-0.2, 0) is 19.1 Å². The van der Waals surface area contributed by atoms with Gasteiger partial charge < -0.3 is 14.6 Å². The summed E-state index contributed by atoms with van der Waals surface area (Å²) >= 11 is 0. The molecule has 0 aliphatic rings. The van der Waals surface area contributed by atoms with Crippen molar-refractivity contribution in [2.75, 3.05) is 13.7 Å². The van der Waals surface area contributed by atoms with Crippen molar-refractivity contribution in [3.63, 3.8) is 0 Å². The lowest BCUT2D eigenvalue weighted by Crippen LogP contribution is -2.31. The van der Waals surface area contributed by atoms with Gasteiger partial charge in [-0.3, -0.25) is 9.59 Å². The molecule has 0 aliphatic heterocycles. The second kappa shape index (κ2) is 8.61. The van der Waals surface area contributed by atoms with E-state index in [4.69, 9.17) is 4.74 Å². The van der Waals surface area contributed by atoms with Crippen molar-refractivity contribution < 1.29 is 22.7 Å². The number of nitrogens with one attached hydrogen (secondary N) is 1. The number of hydrogen-bond donors (Lipinski definition) is 1. The minimum Gasteiger partial charge on any atom is -0.497 e. The first-order valence-electron chi connectivity index (χ1n) is 9.40. The number of alkyl halides is 3. The topological polar surface area (TPSA) is 60.3 Å². The third kappa shape index (κ3) is 4.48. The van der Waals surface area contributed by atoms with Crippen molar-refractivity contribution >= 4 is 16.8 Å². The second-order valence-corrected chi connectivity index (χ2v) is 6.74. The number of carbonyl (C=O) groups excluding carboxylic acids is 1. The van der Waals surface area contributed by atoms with Crippen molar-refractivity contribution in [1.29, 1.82) is 0 Å². The lowest BCUT2D eigenvalue weighted by Gasteiger charge is -2.14. The first-order chi connectivity index (χ1) is 14.2. The van der Waals surface area contributed by atoms with Gasteiger partial charge in [-0.05, 0) is 49.2 Å². The summed E-state index contributed by atoms with van der Waals surface area (Å²) in [4.78, 5) is 25.3. The third-order valence-corrected chi connectivity index (χ3v) is 4.85. The number of fused-ring (bicyclic) bond motifs is 1. The number of carbonyl (C=O) groups is 1. The first-order valence-corrected chi connectivity index (χ1v) is 9.40. The molecule has 1 N–H and O–H groups in total. The van der Waals surface area contributed by atoms with E-state index >= 15 is 0 Å². The number of aryl methyl sites for hydroxylation is 1. The SMILES string of the molecule is CCn1cc(C(=O)NCCc2ccc(OC)cc2)c(=O)c2cc(C(F)(F)F)ccc21. The molecule has 3 rings (SSSR count). The Kier molecular flexibility index (Phi) is 6.14. The van der Waals surface area contributed by atoms with E-state index in [0.29, 0.717) is 18.5 Å². The molecule has 0 saturated heterocycles. The second-order valence-electron chi connectivity index (χ2n) is 6.74. The molecule has 5 nitrogen and oxygen atoms in total. The Balaban J connectivity index is 1.85. The van der Waals surface area contributed by atoms with E-state index in [1.807, 2.05) is 12.1 Å². The molecule has 158 valence electrons. The highest BCUT2D eigenvalue weighted by Gasteiger charge is 2.31. The maximum Gasteiger partial charge on any atom is 0.416 e. The summed E-state index contributed by atoms with van der Waals surface area (Å²) in [5.41, 5.74) is -0.506. The number of halogens is 3. The van der Waals surface area contributed by atoms with Gasteiger partial charge in [0.1, 0.15) is 11.3 Å². The molecule has 0 aliphatic carbocycles. The van der Waals surface area contributed by atoms with Crippen LogP contribution >= 0.6 is 0 Å². The highest BCUT2D eigenvalue weighted by Crippen LogP contribution is 2.30. The lowest BCUT2D eigenvalue weighted by atomic mass is 10.1. The molecule has 8 heteroatoms. The molecular weight excluding hydrogens is 397 g/mol. The summed E-state index contributed by atoms with van der Waals surface area (Å²) in [6.07, 6.45) is -2.65. The van der Waals surface area contributed by atoms with Gasteiger partial charge in [0, 0.05) is 24.7 Å². The maximum atomic E-state index is 13.1. The number of rotatable bonds is 6. The largest absolute Gasteiger partial charge is 0.497 e. The van der Waals surface area contributed by atoms with E-state index < -0.39 is 23.1 Å². The monoisotopic (exact) mass is 418 g/mol. The van der Waals surface area contributed by atoms with Crippen LogP contribution in [-0.4, -0.2) is 24.1 Å². The number of hydrogen-bond acceptors (Lipinski definition) is 3. The first kappa shape index (κ1) is 21.4. The fraction of sp³-hybridized carbons (Fsp3) is 0.273. The molecule has 3 aromatic rings. The quantitative estimate of drug-likeness (QED) is 0.658. The Hall–Kier alpha value is -3.29. The van der Waals surface area contributed by atoms with Crippen LogP contribution in [0.3, 0.4) is 0 Å². The van der Waals surface area contributed by atoms with Gasteiger partial charge in [0.05, 0.1) is 18.2 Å². The predicted molar refractivity (Wildman–Crippen MR) is 108 cm³/mol. The fourth-order valence-electron chi connectivity index (χ4n) is 3.20. The van der Waals surface area contributed by atoms with Gasteiger partial charge in [-0.15, -0.1) is 0 Å². The van der Waals surface area contributed by atoms with E-state index in [-0.39, 0.29) is 17.5 Å². The zero-order chi connectivity index (χ0) is 21.9. The summed E-state index contributed by atoms with van der Waals surface area (Å²) in [6.45, 7) is 2.46. The number of amides is 1. The molecule has 0 radical (unpaired) electrons. The molecule has 0 bridgehead atoms. The number of methoxy groups -OCH3 is 1. The van der Waals surface area contributed by atoms with E-state index in [1.54, 1.807) is 30.7 Å². The minimum atomic E-state index is -4.58. The van der Waals surface area contributed by atoms with E-state index in [0.717, 1.165) is 23.4 Å². The van der Waals surface area contributed by atoms with Crippen molar-refractivity contribution in [3.05, 3.63) is 75.6 Å². The Morgan fingerprint density at radius 2 is 1.83 bits per heavy atom. The number of nitrogens with zero attached hydrogens (tertiary/aromatic N) is 1. The smallest absolute Gasteiger partial charge is 0.416 e. The molecule has 0 spiro atoms. The van der Waals surface area contributed by atoms with Crippen molar-refractivity contribution in [2.24, 2.45) is 0 Å². The molecule has 2 aromatic carbocycles. The van der Waals surface area contributed by atoms with Crippen molar-refractivity contribution in [3.8, 4) is 5.75 Å². The van der Waals surface area contributed by atoms with Crippen LogP contribution in [0.15, 0.2) is 53.5 Å². The Labute approximate surface area is 171 Å².